The molecule has 3 rings (SSSR count). The topological polar surface area (TPSA) is 56.8 Å². The van der Waals surface area contributed by atoms with Crippen molar-refractivity contribution in [1.29, 1.82) is 0 Å². The van der Waals surface area contributed by atoms with Gasteiger partial charge in [-0.15, -0.1) is 0 Å². The van der Waals surface area contributed by atoms with Crippen LogP contribution in [0, 0.1) is 0 Å². The van der Waals surface area contributed by atoms with Crippen molar-refractivity contribution < 1.29 is 19.0 Å². The van der Waals surface area contributed by atoms with Crippen LogP contribution in [0.25, 0.3) is 6.08 Å². The van der Waals surface area contributed by atoms with Crippen molar-refractivity contribution in [2.45, 2.75) is 0 Å². The zero-order valence-electron chi connectivity index (χ0n) is 14.1. The van der Waals surface area contributed by atoms with Crippen molar-refractivity contribution in [3.8, 4) is 17.2 Å². The molecule has 1 heterocycles. The molecule has 0 saturated carbocycles. The Morgan fingerprint density at radius 3 is 2.35 bits per heavy atom. The number of hydrogen-bond acceptors (Lipinski definition) is 6. The second-order valence-electron chi connectivity index (χ2n) is 5.30. The summed E-state index contributed by atoms with van der Waals surface area (Å²) < 4.78 is 17.0. The van der Waals surface area contributed by atoms with Gasteiger partial charge >= 0.3 is 0 Å². The van der Waals surface area contributed by atoms with Gasteiger partial charge < -0.3 is 19.5 Å². The van der Waals surface area contributed by atoms with E-state index in [4.69, 9.17) is 26.4 Å². The van der Waals surface area contributed by atoms with Gasteiger partial charge in [0.25, 0.3) is 5.91 Å². The Morgan fingerprint density at radius 1 is 1.04 bits per heavy atom. The number of methoxy groups -OCH3 is 1. The molecule has 0 aromatic heterocycles. The number of ether oxygens (including phenoxy) is 3. The minimum Gasteiger partial charge on any atom is -0.497 e. The summed E-state index contributed by atoms with van der Waals surface area (Å²) >= 11 is 6.24. The van der Waals surface area contributed by atoms with Gasteiger partial charge in [0, 0.05) is 6.07 Å². The molecule has 7 heteroatoms. The molecule has 1 fully saturated rings. The first-order valence-electron chi connectivity index (χ1n) is 7.88. The summed E-state index contributed by atoms with van der Waals surface area (Å²) in [6.07, 6.45) is 1.79. The van der Waals surface area contributed by atoms with E-state index < -0.39 is 0 Å². The highest BCUT2D eigenvalue weighted by molar-refractivity contribution is 8.26. The van der Waals surface area contributed by atoms with Crippen LogP contribution >= 0.6 is 24.0 Å². The smallest absolute Gasteiger partial charge is 0.263 e. The number of thiocarbonyl (C=S) groups is 1. The lowest BCUT2D eigenvalue weighted by Gasteiger charge is -2.09. The molecule has 1 aliphatic heterocycles. The molecule has 26 heavy (non-hydrogen) atoms. The summed E-state index contributed by atoms with van der Waals surface area (Å²) in [4.78, 5) is 12.3. The van der Waals surface area contributed by atoms with E-state index in [-0.39, 0.29) is 5.91 Å². The van der Waals surface area contributed by atoms with E-state index in [9.17, 15) is 4.79 Å². The highest BCUT2D eigenvalue weighted by Crippen LogP contribution is 2.27. The zero-order chi connectivity index (χ0) is 18.4. The predicted octanol–water partition coefficient (Wildman–Crippen LogP) is 3.64. The lowest BCUT2D eigenvalue weighted by Crippen LogP contribution is -2.17. The number of thioether (sulfide) groups is 1. The van der Waals surface area contributed by atoms with Gasteiger partial charge in [-0.1, -0.05) is 42.2 Å². The van der Waals surface area contributed by atoms with Crippen molar-refractivity contribution in [3.05, 3.63) is 59.0 Å². The number of hydrogen-bond donors (Lipinski definition) is 1. The lowest BCUT2D eigenvalue weighted by atomic mass is 10.2. The maximum absolute atomic E-state index is 11.7. The molecule has 5 nitrogen and oxygen atoms in total. The molecule has 0 spiro atoms. The Labute approximate surface area is 161 Å². The average molecular weight is 387 g/mol. The predicted molar refractivity (Wildman–Crippen MR) is 107 cm³/mol. The van der Waals surface area contributed by atoms with E-state index >= 15 is 0 Å². The van der Waals surface area contributed by atoms with Gasteiger partial charge in [-0.2, -0.15) is 0 Å². The summed E-state index contributed by atoms with van der Waals surface area (Å²) in [5.74, 6) is 2.02. The Kier molecular flexibility index (Phi) is 6.14. The third-order valence-electron chi connectivity index (χ3n) is 3.46. The molecule has 1 aliphatic rings. The summed E-state index contributed by atoms with van der Waals surface area (Å²) in [5, 5.41) is 2.60. The summed E-state index contributed by atoms with van der Waals surface area (Å²) in [6, 6.07) is 14.9. The molecule has 0 bridgehead atoms. The molecule has 0 radical (unpaired) electrons. The van der Waals surface area contributed by atoms with Crippen LogP contribution in [0.15, 0.2) is 53.4 Å². The monoisotopic (exact) mass is 387 g/mol. The van der Waals surface area contributed by atoms with E-state index in [1.807, 2.05) is 48.5 Å². The molecule has 1 N–H and O–H groups in total. The third kappa shape index (κ3) is 5.00. The number of amides is 1. The van der Waals surface area contributed by atoms with Gasteiger partial charge in [-0.05, 0) is 35.9 Å². The van der Waals surface area contributed by atoms with Crippen LogP contribution in [0.3, 0.4) is 0 Å². The van der Waals surface area contributed by atoms with Crippen LogP contribution in [-0.4, -0.2) is 30.6 Å². The molecule has 2 aromatic carbocycles. The van der Waals surface area contributed by atoms with Gasteiger partial charge in [0.1, 0.15) is 34.8 Å². The fourth-order valence-corrected chi connectivity index (χ4v) is 3.32. The van der Waals surface area contributed by atoms with Crippen LogP contribution in [0.5, 0.6) is 17.2 Å². The minimum atomic E-state index is -0.169. The van der Waals surface area contributed by atoms with Crippen LogP contribution in [0.4, 0.5) is 0 Å². The highest BCUT2D eigenvalue weighted by atomic mass is 32.2. The molecular weight excluding hydrogens is 370 g/mol. The van der Waals surface area contributed by atoms with Crippen molar-refractivity contribution >= 4 is 40.3 Å². The normalized spacial score (nSPS) is 15.0. The molecule has 0 aliphatic carbocycles. The molecule has 2 aromatic rings. The first-order chi connectivity index (χ1) is 12.6. The van der Waals surface area contributed by atoms with Gasteiger partial charge in [0.05, 0.1) is 12.0 Å². The maximum atomic E-state index is 11.7. The summed E-state index contributed by atoms with van der Waals surface area (Å²) in [5.41, 5.74) is 0.874. The maximum Gasteiger partial charge on any atom is 0.263 e. The summed E-state index contributed by atoms with van der Waals surface area (Å²) in [7, 11) is 1.62. The molecule has 134 valence electrons. The molecule has 1 amide bonds. The fraction of sp³-hybridized carbons (Fsp3) is 0.158. The lowest BCUT2D eigenvalue weighted by molar-refractivity contribution is -0.115. The second kappa shape index (κ2) is 8.73. The zero-order valence-corrected chi connectivity index (χ0v) is 15.7. The van der Waals surface area contributed by atoms with Crippen molar-refractivity contribution in [2.75, 3.05) is 20.3 Å². The van der Waals surface area contributed by atoms with Gasteiger partial charge in [0.2, 0.25) is 0 Å². The molecule has 1 saturated heterocycles. The van der Waals surface area contributed by atoms with E-state index in [0.29, 0.717) is 28.2 Å². The van der Waals surface area contributed by atoms with Crippen molar-refractivity contribution in [2.24, 2.45) is 0 Å². The number of rotatable bonds is 7. The molecule has 0 unspecified atom stereocenters. The fourth-order valence-electron chi connectivity index (χ4n) is 2.28. The quantitative estimate of drug-likeness (QED) is 0.445. The van der Waals surface area contributed by atoms with E-state index in [2.05, 4.69) is 5.32 Å². The third-order valence-corrected chi connectivity index (χ3v) is 4.62. The van der Waals surface area contributed by atoms with Gasteiger partial charge in [-0.25, -0.2) is 0 Å². The standard InChI is InChI=1S/C19H17NO4S2/c1-22-14-5-3-7-16(12-14)24-9-8-23-15-6-2-4-13(10-15)11-17-18(21)20-19(25)26-17/h2-7,10-12H,8-9H2,1H3,(H,20,21,25). The minimum absolute atomic E-state index is 0.169. The molecule has 0 atom stereocenters. The molecular formula is C19H17NO4S2. The SMILES string of the molecule is COc1cccc(OCCOc2cccc(C=C3SC(=S)NC3=O)c2)c1. The summed E-state index contributed by atoms with van der Waals surface area (Å²) in [6.45, 7) is 0.807. The van der Waals surface area contributed by atoms with E-state index in [1.54, 1.807) is 13.2 Å². The average Bonchev–Trinajstić information content (AvgIpc) is 2.96. The van der Waals surface area contributed by atoms with Crippen LogP contribution < -0.4 is 19.5 Å². The van der Waals surface area contributed by atoms with Crippen LogP contribution in [0.2, 0.25) is 0 Å². The Bertz CT molecular complexity index is 851. The van der Waals surface area contributed by atoms with Gasteiger partial charge in [-0.3, -0.25) is 4.79 Å². The second-order valence-corrected chi connectivity index (χ2v) is 7.02. The van der Waals surface area contributed by atoms with Crippen molar-refractivity contribution in [3.63, 3.8) is 0 Å². The first kappa shape index (κ1) is 18.3. The van der Waals surface area contributed by atoms with Crippen LogP contribution in [-0.2, 0) is 4.79 Å². The number of nitrogens with one attached hydrogen (secondary N) is 1. The van der Waals surface area contributed by atoms with Gasteiger partial charge in [0.15, 0.2) is 0 Å². The number of carbonyl (C=O) groups excluding carboxylic acids is 1. The van der Waals surface area contributed by atoms with Crippen molar-refractivity contribution in [1.82, 2.24) is 5.32 Å². The first-order valence-corrected chi connectivity index (χ1v) is 9.11. The number of benzene rings is 2. The highest BCUT2D eigenvalue weighted by Gasteiger charge is 2.21. The van der Waals surface area contributed by atoms with E-state index in [1.165, 1.54) is 11.8 Å². The Balaban J connectivity index is 1.53. The Hall–Kier alpha value is -2.51. The largest absolute Gasteiger partial charge is 0.497 e. The van der Waals surface area contributed by atoms with E-state index in [0.717, 1.165) is 17.1 Å². The Morgan fingerprint density at radius 2 is 1.69 bits per heavy atom. The number of carbonyl (C=O) groups is 1. The van der Waals surface area contributed by atoms with Crippen LogP contribution in [0.1, 0.15) is 5.56 Å².